The van der Waals surface area contributed by atoms with E-state index < -0.39 is 5.60 Å². The zero-order chi connectivity index (χ0) is 15.9. The SMILES string of the molecule is CCCOC(=O)C1CCC(OCC(=O)OC(C)(C)C)CC1. The molecule has 1 saturated carbocycles. The van der Waals surface area contributed by atoms with Crippen molar-refractivity contribution in [2.24, 2.45) is 5.92 Å². The Morgan fingerprint density at radius 1 is 1.10 bits per heavy atom. The van der Waals surface area contributed by atoms with Crippen LogP contribution < -0.4 is 0 Å². The van der Waals surface area contributed by atoms with E-state index in [2.05, 4.69) is 0 Å². The van der Waals surface area contributed by atoms with Gasteiger partial charge in [-0.15, -0.1) is 0 Å². The zero-order valence-electron chi connectivity index (χ0n) is 13.6. The lowest BCUT2D eigenvalue weighted by Gasteiger charge is -2.27. The third kappa shape index (κ3) is 7.46. The third-order valence-electron chi connectivity index (χ3n) is 3.31. The molecule has 0 aromatic carbocycles. The number of rotatable bonds is 6. The molecule has 0 aromatic rings. The summed E-state index contributed by atoms with van der Waals surface area (Å²) in [6, 6.07) is 0. The van der Waals surface area contributed by atoms with Gasteiger partial charge in [0.05, 0.1) is 18.6 Å². The topological polar surface area (TPSA) is 61.8 Å². The second kappa shape index (κ2) is 8.37. The van der Waals surface area contributed by atoms with Crippen molar-refractivity contribution in [2.75, 3.05) is 13.2 Å². The minimum atomic E-state index is -0.485. The van der Waals surface area contributed by atoms with Gasteiger partial charge in [-0.3, -0.25) is 4.79 Å². The summed E-state index contributed by atoms with van der Waals surface area (Å²) < 4.78 is 15.9. The molecule has 21 heavy (non-hydrogen) atoms. The van der Waals surface area contributed by atoms with Crippen molar-refractivity contribution in [3.05, 3.63) is 0 Å². The number of carbonyl (C=O) groups is 2. The van der Waals surface area contributed by atoms with E-state index in [-0.39, 0.29) is 30.6 Å². The van der Waals surface area contributed by atoms with Gasteiger partial charge < -0.3 is 14.2 Å². The molecule has 0 aromatic heterocycles. The average Bonchev–Trinajstić information content (AvgIpc) is 2.41. The Morgan fingerprint density at radius 3 is 2.24 bits per heavy atom. The molecule has 0 radical (unpaired) electrons. The lowest BCUT2D eigenvalue weighted by Crippen LogP contribution is -2.31. The maximum absolute atomic E-state index is 11.7. The Bertz CT molecular complexity index is 337. The van der Waals surface area contributed by atoms with Crippen molar-refractivity contribution in [1.29, 1.82) is 0 Å². The Balaban J connectivity index is 2.21. The van der Waals surface area contributed by atoms with Crippen LogP contribution in [-0.2, 0) is 23.8 Å². The highest BCUT2D eigenvalue weighted by Gasteiger charge is 2.28. The molecule has 0 N–H and O–H groups in total. The molecule has 0 aliphatic heterocycles. The van der Waals surface area contributed by atoms with Gasteiger partial charge in [0.25, 0.3) is 0 Å². The highest BCUT2D eigenvalue weighted by atomic mass is 16.6. The molecule has 0 spiro atoms. The fourth-order valence-corrected chi connectivity index (χ4v) is 2.34. The van der Waals surface area contributed by atoms with E-state index >= 15 is 0 Å². The van der Waals surface area contributed by atoms with Gasteiger partial charge in [-0.1, -0.05) is 6.92 Å². The van der Waals surface area contributed by atoms with Gasteiger partial charge in [-0.2, -0.15) is 0 Å². The van der Waals surface area contributed by atoms with Gasteiger partial charge in [0.2, 0.25) is 0 Å². The first kappa shape index (κ1) is 18.0. The molecule has 5 nitrogen and oxygen atoms in total. The molecule has 1 aliphatic carbocycles. The van der Waals surface area contributed by atoms with Gasteiger partial charge in [-0.25, -0.2) is 4.79 Å². The van der Waals surface area contributed by atoms with Crippen LogP contribution in [0.3, 0.4) is 0 Å². The molecule has 0 unspecified atom stereocenters. The predicted molar refractivity (Wildman–Crippen MR) is 78.8 cm³/mol. The van der Waals surface area contributed by atoms with Crippen molar-refractivity contribution >= 4 is 11.9 Å². The van der Waals surface area contributed by atoms with Crippen LogP contribution >= 0.6 is 0 Å². The van der Waals surface area contributed by atoms with Gasteiger partial charge in [0, 0.05) is 0 Å². The summed E-state index contributed by atoms with van der Waals surface area (Å²) >= 11 is 0. The predicted octanol–water partition coefficient (Wildman–Crippen LogP) is 2.86. The summed E-state index contributed by atoms with van der Waals surface area (Å²) in [6.45, 7) is 7.95. The van der Waals surface area contributed by atoms with E-state index in [0.717, 1.165) is 32.1 Å². The molecule has 0 saturated heterocycles. The van der Waals surface area contributed by atoms with Gasteiger partial charge in [-0.05, 0) is 52.9 Å². The summed E-state index contributed by atoms with van der Waals surface area (Å²) in [5, 5.41) is 0. The molecule has 122 valence electrons. The van der Waals surface area contributed by atoms with E-state index in [0.29, 0.717) is 6.61 Å². The molecule has 0 heterocycles. The lowest BCUT2D eigenvalue weighted by molar-refractivity contribution is -0.164. The first-order chi connectivity index (χ1) is 9.81. The van der Waals surface area contributed by atoms with Crippen LogP contribution in [0.15, 0.2) is 0 Å². The monoisotopic (exact) mass is 300 g/mol. The minimum Gasteiger partial charge on any atom is -0.465 e. The number of esters is 2. The van der Waals surface area contributed by atoms with Crippen molar-refractivity contribution < 1.29 is 23.8 Å². The van der Waals surface area contributed by atoms with Crippen molar-refractivity contribution in [3.63, 3.8) is 0 Å². The number of ether oxygens (including phenoxy) is 3. The molecule has 1 rings (SSSR count). The van der Waals surface area contributed by atoms with Gasteiger partial charge in [0.1, 0.15) is 12.2 Å². The Kier molecular flexibility index (Phi) is 7.15. The zero-order valence-corrected chi connectivity index (χ0v) is 13.6. The summed E-state index contributed by atoms with van der Waals surface area (Å²) in [5.41, 5.74) is -0.485. The van der Waals surface area contributed by atoms with Crippen LogP contribution in [-0.4, -0.2) is 36.9 Å². The Hall–Kier alpha value is -1.10. The van der Waals surface area contributed by atoms with Crippen LogP contribution in [0.1, 0.15) is 59.8 Å². The second-order valence-corrected chi connectivity index (χ2v) is 6.54. The van der Waals surface area contributed by atoms with Crippen LogP contribution in [0.4, 0.5) is 0 Å². The van der Waals surface area contributed by atoms with E-state index in [1.54, 1.807) is 0 Å². The summed E-state index contributed by atoms with van der Waals surface area (Å²) in [5.74, 6) is -0.452. The van der Waals surface area contributed by atoms with Crippen LogP contribution in [0, 0.1) is 5.92 Å². The number of carbonyl (C=O) groups excluding carboxylic acids is 2. The molecular weight excluding hydrogens is 272 g/mol. The number of hydrogen-bond donors (Lipinski definition) is 0. The van der Waals surface area contributed by atoms with Crippen molar-refractivity contribution in [2.45, 2.75) is 71.5 Å². The largest absolute Gasteiger partial charge is 0.465 e. The highest BCUT2D eigenvalue weighted by molar-refractivity contribution is 5.72. The molecule has 5 heteroatoms. The molecule has 0 amide bonds. The van der Waals surface area contributed by atoms with E-state index in [1.165, 1.54) is 0 Å². The average molecular weight is 300 g/mol. The summed E-state index contributed by atoms with van der Waals surface area (Å²) in [7, 11) is 0. The van der Waals surface area contributed by atoms with Crippen LogP contribution in [0.2, 0.25) is 0 Å². The smallest absolute Gasteiger partial charge is 0.332 e. The van der Waals surface area contributed by atoms with Gasteiger partial charge in [0.15, 0.2) is 0 Å². The first-order valence-electron chi connectivity index (χ1n) is 7.82. The Labute approximate surface area is 127 Å². The molecule has 1 aliphatic rings. The molecule has 0 bridgehead atoms. The van der Waals surface area contributed by atoms with E-state index in [9.17, 15) is 9.59 Å². The van der Waals surface area contributed by atoms with Crippen molar-refractivity contribution in [1.82, 2.24) is 0 Å². The van der Waals surface area contributed by atoms with Gasteiger partial charge >= 0.3 is 11.9 Å². The molecular formula is C16H28O5. The van der Waals surface area contributed by atoms with E-state index in [1.807, 2.05) is 27.7 Å². The maximum Gasteiger partial charge on any atom is 0.332 e. The Morgan fingerprint density at radius 2 is 1.71 bits per heavy atom. The maximum atomic E-state index is 11.7. The first-order valence-corrected chi connectivity index (χ1v) is 7.82. The lowest BCUT2D eigenvalue weighted by atomic mass is 9.87. The third-order valence-corrected chi connectivity index (χ3v) is 3.31. The fraction of sp³-hybridized carbons (Fsp3) is 0.875. The summed E-state index contributed by atoms with van der Waals surface area (Å²) in [6.07, 6.45) is 3.99. The number of hydrogen-bond acceptors (Lipinski definition) is 5. The normalized spacial score (nSPS) is 22.7. The molecule has 1 fully saturated rings. The van der Waals surface area contributed by atoms with Crippen molar-refractivity contribution in [3.8, 4) is 0 Å². The second-order valence-electron chi connectivity index (χ2n) is 6.54. The minimum absolute atomic E-state index is 0.0158. The van der Waals surface area contributed by atoms with Crippen LogP contribution in [0.5, 0.6) is 0 Å². The fourth-order valence-electron chi connectivity index (χ4n) is 2.34. The summed E-state index contributed by atoms with van der Waals surface area (Å²) in [4.78, 5) is 23.3. The quantitative estimate of drug-likeness (QED) is 0.706. The van der Waals surface area contributed by atoms with Crippen LogP contribution in [0.25, 0.3) is 0 Å². The van der Waals surface area contributed by atoms with E-state index in [4.69, 9.17) is 14.2 Å². The standard InChI is InChI=1S/C16H28O5/c1-5-10-19-15(18)12-6-8-13(9-7-12)20-11-14(17)21-16(2,3)4/h12-13H,5-11H2,1-4H3. The highest BCUT2D eigenvalue weighted by Crippen LogP contribution is 2.27. The molecule has 0 atom stereocenters.